The van der Waals surface area contributed by atoms with Crippen molar-refractivity contribution < 1.29 is 4.74 Å². The number of hydrogen-bond acceptors (Lipinski definition) is 6. The minimum absolute atomic E-state index is 0.476. The van der Waals surface area contributed by atoms with Crippen LogP contribution in [0, 0.1) is 0 Å². The number of rotatable bonds is 3. The summed E-state index contributed by atoms with van der Waals surface area (Å²) >= 11 is 1.59. The van der Waals surface area contributed by atoms with E-state index in [4.69, 9.17) is 10.5 Å². The van der Waals surface area contributed by atoms with E-state index in [-0.39, 0.29) is 0 Å². The van der Waals surface area contributed by atoms with E-state index in [0.717, 1.165) is 21.1 Å². The number of nitrogens with zero attached hydrogens (tertiary/aromatic N) is 2. The van der Waals surface area contributed by atoms with Gasteiger partial charge in [0.2, 0.25) is 0 Å². The van der Waals surface area contributed by atoms with Crippen molar-refractivity contribution in [3.8, 4) is 11.5 Å². The summed E-state index contributed by atoms with van der Waals surface area (Å²) in [5.41, 5.74) is 6.49. The van der Waals surface area contributed by atoms with Crippen molar-refractivity contribution in [2.45, 2.75) is 0 Å². The lowest BCUT2D eigenvalue weighted by atomic mass is 10.3. The Morgan fingerprint density at radius 2 is 2.05 bits per heavy atom. The molecule has 3 N–H and O–H groups in total. The lowest BCUT2D eigenvalue weighted by molar-refractivity contribution is 0.481. The van der Waals surface area contributed by atoms with Gasteiger partial charge in [-0.2, -0.15) is 0 Å². The molecular weight excluding hydrogens is 260 g/mol. The van der Waals surface area contributed by atoms with Gasteiger partial charge < -0.3 is 15.8 Å². The number of nitrogens with one attached hydrogen (secondary N) is 1. The molecule has 3 aromatic rings. The lowest BCUT2D eigenvalue weighted by Gasteiger charge is -2.04. The smallest absolute Gasteiger partial charge is 0.183 e. The Hall–Kier alpha value is -2.34. The number of ether oxygens (including phenoxy) is 1. The zero-order valence-corrected chi connectivity index (χ0v) is 11.1. The molecule has 0 saturated heterocycles. The average molecular weight is 272 g/mol. The molecule has 6 heteroatoms. The minimum atomic E-state index is 0.476. The van der Waals surface area contributed by atoms with Crippen LogP contribution < -0.4 is 15.8 Å². The van der Waals surface area contributed by atoms with E-state index in [1.165, 1.54) is 0 Å². The van der Waals surface area contributed by atoms with Crippen LogP contribution >= 0.6 is 11.3 Å². The summed E-state index contributed by atoms with van der Waals surface area (Å²) in [4.78, 5) is 8.40. The number of fused-ring (bicyclic) bond motifs is 1. The fourth-order valence-electron chi connectivity index (χ4n) is 1.66. The molecule has 0 fully saturated rings. The second kappa shape index (κ2) is 4.74. The van der Waals surface area contributed by atoms with Gasteiger partial charge in [-0.05, 0) is 24.3 Å². The van der Waals surface area contributed by atoms with Crippen molar-refractivity contribution in [1.82, 2.24) is 9.97 Å². The first-order chi connectivity index (χ1) is 9.24. The van der Waals surface area contributed by atoms with Gasteiger partial charge in [0.05, 0.1) is 16.4 Å². The van der Waals surface area contributed by atoms with Crippen LogP contribution in [0.25, 0.3) is 10.2 Å². The molecule has 0 aliphatic rings. The summed E-state index contributed by atoms with van der Waals surface area (Å²) in [6.07, 6.45) is 1.60. The Morgan fingerprint density at radius 3 is 2.79 bits per heavy atom. The van der Waals surface area contributed by atoms with Gasteiger partial charge in [-0.1, -0.05) is 11.3 Å². The van der Waals surface area contributed by atoms with E-state index in [2.05, 4.69) is 15.3 Å². The van der Waals surface area contributed by atoms with Gasteiger partial charge in [-0.15, -0.1) is 0 Å². The van der Waals surface area contributed by atoms with Gasteiger partial charge >= 0.3 is 0 Å². The quantitative estimate of drug-likeness (QED) is 0.766. The third kappa shape index (κ3) is 2.43. The summed E-state index contributed by atoms with van der Waals surface area (Å²) in [5, 5.41) is 3.92. The molecule has 0 radical (unpaired) electrons. The maximum absolute atomic E-state index is 5.72. The molecule has 0 amide bonds. The summed E-state index contributed by atoms with van der Waals surface area (Å²) in [7, 11) is 1.86. The molecule has 2 heterocycles. The van der Waals surface area contributed by atoms with Crippen LogP contribution in [-0.4, -0.2) is 17.0 Å². The van der Waals surface area contributed by atoms with Gasteiger partial charge in [0.1, 0.15) is 17.3 Å². The first-order valence-electron chi connectivity index (χ1n) is 5.72. The second-order valence-electron chi connectivity index (χ2n) is 3.92. The zero-order valence-electron chi connectivity index (χ0n) is 10.3. The number of benzene rings is 1. The number of nitrogens with two attached hydrogens (primary N) is 1. The first-order valence-corrected chi connectivity index (χ1v) is 6.54. The van der Waals surface area contributed by atoms with Crippen LogP contribution in [-0.2, 0) is 0 Å². The highest BCUT2D eigenvalue weighted by atomic mass is 32.1. The van der Waals surface area contributed by atoms with E-state index in [9.17, 15) is 0 Å². The van der Waals surface area contributed by atoms with E-state index < -0.39 is 0 Å². The maximum atomic E-state index is 5.72. The molecule has 0 saturated carbocycles. The van der Waals surface area contributed by atoms with E-state index >= 15 is 0 Å². The van der Waals surface area contributed by atoms with Gasteiger partial charge in [0, 0.05) is 13.1 Å². The number of hydrogen-bond donors (Lipinski definition) is 2. The largest absolute Gasteiger partial charge is 0.456 e. The van der Waals surface area contributed by atoms with E-state index in [1.807, 2.05) is 25.2 Å². The van der Waals surface area contributed by atoms with Gasteiger partial charge in [-0.25, -0.2) is 9.97 Å². The highest BCUT2D eigenvalue weighted by molar-refractivity contribution is 7.22. The molecule has 5 nitrogen and oxygen atoms in total. The highest BCUT2D eigenvalue weighted by Gasteiger charge is 2.05. The fraction of sp³-hybridized carbons (Fsp3) is 0.0769. The van der Waals surface area contributed by atoms with Crippen molar-refractivity contribution in [3.63, 3.8) is 0 Å². The zero-order chi connectivity index (χ0) is 13.2. The fourth-order valence-corrected chi connectivity index (χ4v) is 2.51. The van der Waals surface area contributed by atoms with Crippen LogP contribution in [0.4, 0.5) is 10.9 Å². The molecule has 0 bridgehead atoms. The van der Waals surface area contributed by atoms with Crippen LogP contribution in [0.2, 0.25) is 0 Å². The molecule has 1 aromatic carbocycles. The minimum Gasteiger partial charge on any atom is -0.456 e. The molecule has 19 heavy (non-hydrogen) atoms. The first kappa shape index (κ1) is 11.7. The summed E-state index contributed by atoms with van der Waals surface area (Å²) in [5.74, 6) is 1.89. The van der Waals surface area contributed by atoms with Crippen LogP contribution in [0.15, 0.2) is 36.5 Å². The SMILES string of the molecule is CNc1nc2ccc(Oc3ccc(N)nc3)cc2s1. The number of thiazole rings is 1. The Bertz CT molecular complexity index is 708. The molecule has 0 aliphatic heterocycles. The summed E-state index contributed by atoms with van der Waals surface area (Å²) in [6, 6.07) is 9.28. The van der Waals surface area contributed by atoms with E-state index in [1.54, 1.807) is 29.7 Å². The monoisotopic (exact) mass is 272 g/mol. The van der Waals surface area contributed by atoms with Crippen molar-refractivity contribution in [2.75, 3.05) is 18.1 Å². The standard InChI is InChI=1S/C13H12N4OS/c1-15-13-17-10-4-2-8(6-11(10)19-13)18-9-3-5-12(14)16-7-9/h2-7H,1H3,(H2,14,16)(H,15,17). The predicted molar refractivity (Wildman–Crippen MR) is 77.9 cm³/mol. The summed E-state index contributed by atoms with van der Waals surface area (Å²) < 4.78 is 6.80. The Kier molecular flexibility index (Phi) is 2.92. The van der Waals surface area contributed by atoms with Crippen molar-refractivity contribution in [3.05, 3.63) is 36.5 Å². The van der Waals surface area contributed by atoms with Crippen molar-refractivity contribution in [2.24, 2.45) is 0 Å². The topological polar surface area (TPSA) is 73.1 Å². The molecular formula is C13H12N4OS. The summed E-state index contributed by atoms with van der Waals surface area (Å²) in [6.45, 7) is 0. The average Bonchev–Trinajstić information content (AvgIpc) is 2.83. The predicted octanol–water partition coefficient (Wildman–Crippen LogP) is 3.11. The van der Waals surface area contributed by atoms with Crippen LogP contribution in [0.1, 0.15) is 0 Å². The van der Waals surface area contributed by atoms with Crippen LogP contribution in [0.5, 0.6) is 11.5 Å². The Morgan fingerprint density at radius 1 is 1.21 bits per heavy atom. The van der Waals surface area contributed by atoms with Gasteiger partial charge in [0.25, 0.3) is 0 Å². The highest BCUT2D eigenvalue weighted by Crippen LogP contribution is 2.30. The molecule has 0 spiro atoms. The maximum Gasteiger partial charge on any atom is 0.183 e. The van der Waals surface area contributed by atoms with E-state index in [0.29, 0.717) is 11.6 Å². The molecule has 0 unspecified atom stereocenters. The second-order valence-corrected chi connectivity index (χ2v) is 4.95. The normalized spacial score (nSPS) is 10.6. The number of aromatic nitrogens is 2. The third-order valence-corrected chi connectivity index (χ3v) is 3.60. The van der Waals surface area contributed by atoms with Crippen molar-refractivity contribution >= 4 is 32.5 Å². The van der Waals surface area contributed by atoms with Crippen LogP contribution in [0.3, 0.4) is 0 Å². The number of pyridine rings is 1. The third-order valence-electron chi connectivity index (χ3n) is 2.57. The van der Waals surface area contributed by atoms with Crippen molar-refractivity contribution in [1.29, 1.82) is 0 Å². The molecule has 96 valence electrons. The molecule has 3 rings (SSSR count). The van der Waals surface area contributed by atoms with Gasteiger partial charge in [-0.3, -0.25) is 0 Å². The molecule has 0 aliphatic carbocycles. The van der Waals surface area contributed by atoms with Gasteiger partial charge in [0.15, 0.2) is 5.13 Å². The lowest BCUT2D eigenvalue weighted by Crippen LogP contribution is -1.90. The molecule has 2 aromatic heterocycles. The molecule has 0 atom stereocenters. The Balaban J connectivity index is 1.90. The number of nitrogen functional groups attached to an aromatic ring is 1. The Labute approximate surface area is 114 Å². The number of anilines is 2.